The van der Waals surface area contributed by atoms with Gasteiger partial charge in [-0.05, 0) is 12.3 Å². The van der Waals surface area contributed by atoms with Crippen molar-refractivity contribution in [3.63, 3.8) is 0 Å². The normalized spacial score (nSPS) is 13.6. The van der Waals surface area contributed by atoms with Gasteiger partial charge in [-0.2, -0.15) is 0 Å². The zero-order chi connectivity index (χ0) is 16.8. The number of unbranched alkanes of at least 4 members (excludes halogenated alkanes) is 8. The minimum atomic E-state index is -0.935. The van der Waals surface area contributed by atoms with Crippen LogP contribution >= 0.6 is 0 Å². The molecule has 22 heavy (non-hydrogen) atoms. The lowest BCUT2D eigenvalue weighted by molar-refractivity contribution is -0.143. The van der Waals surface area contributed by atoms with Crippen molar-refractivity contribution >= 4 is 11.9 Å². The first-order valence-electron chi connectivity index (χ1n) is 9.05. The second-order valence-corrected chi connectivity index (χ2v) is 6.35. The largest absolute Gasteiger partial charge is 0.480 e. The van der Waals surface area contributed by atoms with E-state index in [1.165, 1.54) is 44.9 Å². The maximum atomic E-state index is 11.8. The number of aliphatic carboxylic acids is 1. The molecule has 0 fully saturated rings. The van der Waals surface area contributed by atoms with E-state index < -0.39 is 12.0 Å². The Kier molecular flexibility index (Phi) is 12.9. The number of carboxylic acid groups (broad SMARTS) is 1. The summed E-state index contributed by atoms with van der Waals surface area (Å²) in [5.41, 5.74) is 0. The van der Waals surface area contributed by atoms with Crippen molar-refractivity contribution in [1.82, 2.24) is 5.32 Å². The van der Waals surface area contributed by atoms with Crippen molar-refractivity contribution < 1.29 is 14.7 Å². The molecule has 2 N–H and O–H groups in total. The van der Waals surface area contributed by atoms with Gasteiger partial charge in [0.05, 0.1) is 0 Å². The Bertz CT molecular complexity index is 305. The van der Waals surface area contributed by atoms with Crippen LogP contribution in [0.1, 0.15) is 91.4 Å². The predicted molar refractivity (Wildman–Crippen MR) is 90.9 cm³/mol. The first-order chi connectivity index (χ1) is 10.5. The Morgan fingerprint density at radius 1 is 0.909 bits per heavy atom. The minimum absolute atomic E-state index is 0.0374. The van der Waals surface area contributed by atoms with E-state index in [0.29, 0.717) is 6.42 Å². The monoisotopic (exact) mass is 313 g/mol. The maximum Gasteiger partial charge on any atom is 0.326 e. The predicted octanol–water partition coefficient (Wildman–Crippen LogP) is 4.52. The van der Waals surface area contributed by atoms with Crippen LogP contribution in [0.4, 0.5) is 0 Å². The molecular formula is C18H35NO3. The lowest BCUT2D eigenvalue weighted by Crippen LogP contribution is -2.44. The average molecular weight is 313 g/mol. The van der Waals surface area contributed by atoms with Gasteiger partial charge in [0, 0.05) is 6.42 Å². The number of carbonyl (C=O) groups is 2. The first-order valence-corrected chi connectivity index (χ1v) is 9.05. The van der Waals surface area contributed by atoms with Gasteiger partial charge in [0.25, 0.3) is 0 Å². The molecule has 0 aromatic carbocycles. The van der Waals surface area contributed by atoms with Crippen LogP contribution in [-0.2, 0) is 9.59 Å². The number of hydrogen-bond acceptors (Lipinski definition) is 2. The van der Waals surface area contributed by atoms with Crippen LogP contribution in [0.5, 0.6) is 0 Å². The van der Waals surface area contributed by atoms with Crippen LogP contribution in [0.2, 0.25) is 0 Å². The zero-order valence-electron chi connectivity index (χ0n) is 14.7. The third-order valence-electron chi connectivity index (χ3n) is 4.30. The van der Waals surface area contributed by atoms with Gasteiger partial charge in [0.1, 0.15) is 6.04 Å². The molecule has 130 valence electrons. The number of carbonyl (C=O) groups excluding carboxylic acids is 1. The topological polar surface area (TPSA) is 66.4 Å². The van der Waals surface area contributed by atoms with E-state index >= 15 is 0 Å². The Hall–Kier alpha value is -1.06. The van der Waals surface area contributed by atoms with Crippen molar-refractivity contribution in [3.05, 3.63) is 0 Å². The summed E-state index contributed by atoms with van der Waals surface area (Å²) in [6, 6.07) is -0.754. The molecule has 0 spiro atoms. The molecule has 0 radical (unpaired) electrons. The van der Waals surface area contributed by atoms with Crippen LogP contribution in [0.25, 0.3) is 0 Å². The Balaban J connectivity index is 3.66. The van der Waals surface area contributed by atoms with Crippen molar-refractivity contribution in [1.29, 1.82) is 0 Å². The fourth-order valence-electron chi connectivity index (χ4n) is 2.52. The molecule has 2 atom stereocenters. The highest BCUT2D eigenvalue weighted by atomic mass is 16.4. The summed E-state index contributed by atoms with van der Waals surface area (Å²) in [4.78, 5) is 23.0. The second-order valence-electron chi connectivity index (χ2n) is 6.35. The summed E-state index contributed by atoms with van der Waals surface area (Å²) >= 11 is 0. The van der Waals surface area contributed by atoms with Crippen molar-refractivity contribution in [3.8, 4) is 0 Å². The van der Waals surface area contributed by atoms with Crippen molar-refractivity contribution in [2.45, 2.75) is 97.4 Å². The van der Waals surface area contributed by atoms with Gasteiger partial charge in [-0.1, -0.05) is 78.6 Å². The van der Waals surface area contributed by atoms with Crippen LogP contribution in [0.15, 0.2) is 0 Å². The van der Waals surface area contributed by atoms with Gasteiger partial charge >= 0.3 is 5.97 Å². The van der Waals surface area contributed by atoms with E-state index in [4.69, 9.17) is 5.11 Å². The number of nitrogens with one attached hydrogen (secondary N) is 1. The molecule has 0 aliphatic carbocycles. The van der Waals surface area contributed by atoms with Crippen molar-refractivity contribution in [2.24, 2.45) is 5.92 Å². The smallest absolute Gasteiger partial charge is 0.326 e. The van der Waals surface area contributed by atoms with E-state index in [0.717, 1.165) is 19.3 Å². The van der Waals surface area contributed by atoms with Crippen molar-refractivity contribution in [2.75, 3.05) is 0 Å². The lowest BCUT2D eigenvalue weighted by atomic mass is 9.99. The van der Waals surface area contributed by atoms with E-state index in [1.807, 2.05) is 13.8 Å². The highest BCUT2D eigenvalue weighted by Crippen LogP contribution is 2.11. The molecule has 0 aromatic heterocycles. The molecule has 1 amide bonds. The van der Waals surface area contributed by atoms with Crippen LogP contribution in [-0.4, -0.2) is 23.0 Å². The molecule has 0 aliphatic rings. The van der Waals surface area contributed by atoms with Gasteiger partial charge in [-0.3, -0.25) is 4.79 Å². The molecule has 0 heterocycles. The zero-order valence-corrected chi connectivity index (χ0v) is 14.7. The maximum absolute atomic E-state index is 11.8. The van der Waals surface area contributed by atoms with E-state index in [1.54, 1.807) is 0 Å². The minimum Gasteiger partial charge on any atom is -0.480 e. The van der Waals surface area contributed by atoms with Gasteiger partial charge in [-0.15, -0.1) is 0 Å². The number of amides is 1. The molecule has 0 saturated carbocycles. The number of carboxylic acids is 1. The Labute approximate surface area is 136 Å². The summed E-state index contributed by atoms with van der Waals surface area (Å²) in [7, 11) is 0. The third-order valence-corrected chi connectivity index (χ3v) is 4.30. The standard InChI is InChI=1S/C18H35NO3/c1-4-6-7-8-9-10-11-12-13-14-16(20)19-17(18(21)22)15(3)5-2/h15,17H,4-14H2,1-3H3,(H,19,20)(H,21,22). The van der Waals surface area contributed by atoms with Gasteiger partial charge < -0.3 is 10.4 Å². The summed E-state index contributed by atoms with van der Waals surface area (Å²) in [6.07, 6.45) is 12.1. The first kappa shape index (κ1) is 20.9. The number of rotatable bonds is 14. The summed E-state index contributed by atoms with van der Waals surface area (Å²) in [5, 5.41) is 11.8. The fraction of sp³-hybridized carbons (Fsp3) is 0.889. The molecule has 0 saturated heterocycles. The van der Waals surface area contributed by atoms with Gasteiger partial charge in [0.2, 0.25) is 5.91 Å². The molecule has 4 heteroatoms. The van der Waals surface area contributed by atoms with Crippen LogP contribution in [0, 0.1) is 5.92 Å². The highest BCUT2D eigenvalue weighted by Gasteiger charge is 2.24. The average Bonchev–Trinajstić information content (AvgIpc) is 2.50. The van der Waals surface area contributed by atoms with E-state index in [2.05, 4.69) is 12.2 Å². The fourth-order valence-corrected chi connectivity index (χ4v) is 2.52. The summed E-state index contributed by atoms with van der Waals surface area (Å²) in [6.45, 7) is 6.02. The van der Waals surface area contributed by atoms with Gasteiger partial charge in [-0.25, -0.2) is 4.79 Å². The van der Waals surface area contributed by atoms with Crippen LogP contribution < -0.4 is 5.32 Å². The molecule has 0 aliphatic heterocycles. The Morgan fingerprint density at radius 3 is 1.86 bits per heavy atom. The molecule has 0 rings (SSSR count). The van der Waals surface area contributed by atoms with E-state index in [9.17, 15) is 9.59 Å². The molecular weight excluding hydrogens is 278 g/mol. The summed E-state index contributed by atoms with van der Waals surface area (Å²) < 4.78 is 0. The second kappa shape index (κ2) is 13.6. The van der Waals surface area contributed by atoms with Crippen LogP contribution in [0.3, 0.4) is 0 Å². The highest BCUT2D eigenvalue weighted by molar-refractivity contribution is 5.83. The molecule has 0 bridgehead atoms. The number of hydrogen-bond donors (Lipinski definition) is 2. The Morgan fingerprint density at radius 2 is 1.41 bits per heavy atom. The third kappa shape index (κ3) is 10.6. The quantitative estimate of drug-likeness (QED) is 0.463. The molecule has 0 aromatic rings. The molecule has 4 nitrogen and oxygen atoms in total. The van der Waals surface area contributed by atoms with E-state index in [-0.39, 0.29) is 11.8 Å². The SMILES string of the molecule is CCCCCCCCCCCC(=O)NC(C(=O)O)C(C)CC. The lowest BCUT2D eigenvalue weighted by Gasteiger charge is -2.20. The van der Waals surface area contributed by atoms with Gasteiger partial charge in [0.15, 0.2) is 0 Å². The summed E-state index contributed by atoms with van der Waals surface area (Å²) in [5.74, 6) is -1.10. The molecule has 2 unspecified atom stereocenters.